The van der Waals surface area contributed by atoms with Crippen LogP contribution in [0, 0.1) is 5.92 Å². The minimum atomic E-state index is -0.291. The fraction of sp³-hybridized carbons (Fsp3) is 0.688. The Hall–Kier alpha value is -1.89. The monoisotopic (exact) mass is 320 g/mol. The molecule has 7 nitrogen and oxygen atoms in total. The number of fused-ring (bicyclic) bond motifs is 1. The molecule has 0 spiro atoms. The number of rotatable bonds is 4. The van der Waals surface area contributed by atoms with Gasteiger partial charge in [0.25, 0.3) is 5.56 Å². The molecule has 2 atom stereocenters. The molecule has 1 aliphatic heterocycles. The van der Waals surface area contributed by atoms with Crippen LogP contribution in [0.15, 0.2) is 15.9 Å². The van der Waals surface area contributed by atoms with E-state index >= 15 is 0 Å². The number of nitrogens with zero attached hydrogens (tertiary/aromatic N) is 4. The molecule has 0 aromatic carbocycles. The first-order chi connectivity index (χ1) is 11.0. The Balaban J connectivity index is 1.87. The van der Waals surface area contributed by atoms with Crippen molar-refractivity contribution in [2.45, 2.75) is 45.3 Å². The van der Waals surface area contributed by atoms with Crippen molar-refractivity contribution in [3.63, 3.8) is 0 Å². The Bertz CT molecular complexity index is 817. The largest absolute Gasteiger partial charge is 0.378 e. The van der Waals surface area contributed by atoms with Gasteiger partial charge in [0.2, 0.25) is 0 Å². The highest BCUT2D eigenvalue weighted by Crippen LogP contribution is 2.25. The number of ether oxygens (including phenoxy) is 1. The summed E-state index contributed by atoms with van der Waals surface area (Å²) in [5.74, 6) is 0.507. The molecule has 23 heavy (non-hydrogen) atoms. The maximum Gasteiger partial charge on any atom is 0.332 e. The first-order valence-electron chi connectivity index (χ1n) is 8.25. The molecule has 0 bridgehead atoms. The maximum atomic E-state index is 12.6. The van der Waals surface area contributed by atoms with Gasteiger partial charge >= 0.3 is 5.69 Å². The second-order valence-electron chi connectivity index (χ2n) is 6.41. The minimum Gasteiger partial charge on any atom is -0.378 e. The van der Waals surface area contributed by atoms with E-state index in [0.717, 1.165) is 32.3 Å². The molecule has 1 saturated heterocycles. The van der Waals surface area contributed by atoms with E-state index in [-0.39, 0.29) is 11.2 Å². The van der Waals surface area contributed by atoms with Gasteiger partial charge in [-0.2, -0.15) is 0 Å². The Labute approximate surface area is 134 Å². The Morgan fingerprint density at radius 3 is 2.87 bits per heavy atom. The van der Waals surface area contributed by atoms with E-state index in [1.165, 1.54) is 9.13 Å². The molecule has 0 radical (unpaired) electrons. The second kappa shape index (κ2) is 6.31. The van der Waals surface area contributed by atoms with Gasteiger partial charge in [0.1, 0.15) is 0 Å². The van der Waals surface area contributed by atoms with Gasteiger partial charge in [-0.25, -0.2) is 9.78 Å². The Kier molecular flexibility index (Phi) is 4.39. The molecule has 0 aliphatic carbocycles. The number of aromatic nitrogens is 4. The molecule has 2 aromatic rings. The second-order valence-corrected chi connectivity index (χ2v) is 6.41. The molecule has 0 saturated carbocycles. The quantitative estimate of drug-likeness (QED) is 0.843. The van der Waals surface area contributed by atoms with Crippen molar-refractivity contribution < 1.29 is 4.74 Å². The Morgan fingerprint density at radius 1 is 1.35 bits per heavy atom. The molecule has 7 heteroatoms. The zero-order valence-electron chi connectivity index (χ0n) is 14.0. The predicted octanol–water partition coefficient (Wildman–Crippen LogP) is 1.03. The van der Waals surface area contributed by atoms with Gasteiger partial charge in [-0.1, -0.05) is 6.92 Å². The maximum absolute atomic E-state index is 12.6. The predicted molar refractivity (Wildman–Crippen MR) is 87.6 cm³/mol. The van der Waals surface area contributed by atoms with Gasteiger partial charge in [-0.15, -0.1) is 0 Å². The number of hydrogen-bond acceptors (Lipinski definition) is 4. The van der Waals surface area contributed by atoms with Crippen molar-refractivity contribution in [2.24, 2.45) is 20.0 Å². The number of aryl methyl sites for hydroxylation is 2. The van der Waals surface area contributed by atoms with E-state index in [0.29, 0.717) is 29.7 Å². The standard InChI is InChI=1S/C16H24N4O3/c1-4-12-9-11(6-8-23-12)5-7-20-15(21)13-14(17-10-18(13)2)19(3)16(20)22/h10-12H,4-9H2,1-3H3. The summed E-state index contributed by atoms with van der Waals surface area (Å²) in [6.45, 7) is 3.36. The van der Waals surface area contributed by atoms with Gasteiger partial charge in [-0.3, -0.25) is 13.9 Å². The highest BCUT2D eigenvalue weighted by atomic mass is 16.5. The van der Waals surface area contributed by atoms with Gasteiger partial charge in [0.15, 0.2) is 11.2 Å². The third-order valence-electron chi connectivity index (χ3n) is 4.89. The van der Waals surface area contributed by atoms with Crippen molar-refractivity contribution in [1.29, 1.82) is 0 Å². The van der Waals surface area contributed by atoms with E-state index in [9.17, 15) is 9.59 Å². The average Bonchev–Trinajstić information content (AvgIpc) is 2.95. The lowest BCUT2D eigenvalue weighted by Gasteiger charge is -2.29. The van der Waals surface area contributed by atoms with Crippen molar-refractivity contribution >= 4 is 11.2 Å². The van der Waals surface area contributed by atoms with Crippen LogP contribution in [0.4, 0.5) is 0 Å². The normalized spacial score (nSPS) is 21.9. The van der Waals surface area contributed by atoms with Gasteiger partial charge in [0, 0.05) is 27.2 Å². The van der Waals surface area contributed by atoms with Crippen molar-refractivity contribution in [3.05, 3.63) is 27.2 Å². The van der Waals surface area contributed by atoms with Crippen LogP contribution in [-0.4, -0.2) is 31.4 Å². The third-order valence-corrected chi connectivity index (χ3v) is 4.89. The molecular weight excluding hydrogens is 296 g/mol. The van der Waals surface area contributed by atoms with Crippen LogP contribution in [0.25, 0.3) is 11.2 Å². The number of hydrogen-bond donors (Lipinski definition) is 0. The summed E-state index contributed by atoms with van der Waals surface area (Å²) < 4.78 is 10.2. The topological polar surface area (TPSA) is 71.0 Å². The van der Waals surface area contributed by atoms with E-state index in [4.69, 9.17) is 4.74 Å². The van der Waals surface area contributed by atoms with Crippen LogP contribution < -0.4 is 11.2 Å². The lowest BCUT2D eigenvalue weighted by molar-refractivity contribution is -0.0129. The molecule has 2 unspecified atom stereocenters. The fourth-order valence-corrected chi connectivity index (χ4v) is 3.41. The minimum absolute atomic E-state index is 0.248. The lowest BCUT2D eigenvalue weighted by atomic mass is 9.91. The van der Waals surface area contributed by atoms with Crippen molar-refractivity contribution in [1.82, 2.24) is 18.7 Å². The van der Waals surface area contributed by atoms with Crippen molar-refractivity contribution in [2.75, 3.05) is 6.61 Å². The van der Waals surface area contributed by atoms with Gasteiger partial charge < -0.3 is 9.30 Å². The fourth-order valence-electron chi connectivity index (χ4n) is 3.41. The van der Waals surface area contributed by atoms with Crippen LogP contribution in [0.2, 0.25) is 0 Å². The summed E-state index contributed by atoms with van der Waals surface area (Å²) in [5, 5.41) is 0. The summed E-state index contributed by atoms with van der Waals surface area (Å²) in [7, 11) is 3.44. The number of imidazole rings is 1. The smallest absolute Gasteiger partial charge is 0.332 e. The summed E-state index contributed by atoms with van der Waals surface area (Å²) in [4.78, 5) is 29.2. The first kappa shape index (κ1) is 16.0. The molecule has 0 N–H and O–H groups in total. The molecule has 126 valence electrons. The van der Waals surface area contributed by atoms with Gasteiger partial charge in [0.05, 0.1) is 12.4 Å². The van der Waals surface area contributed by atoms with Crippen LogP contribution in [0.1, 0.15) is 32.6 Å². The van der Waals surface area contributed by atoms with E-state index < -0.39 is 0 Å². The zero-order valence-corrected chi connectivity index (χ0v) is 14.0. The molecule has 3 rings (SSSR count). The van der Waals surface area contributed by atoms with Crippen LogP contribution in [0.3, 0.4) is 0 Å². The summed E-state index contributed by atoms with van der Waals surface area (Å²) in [6, 6.07) is 0. The first-order valence-corrected chi connectivity index (χ1v) is 8.25. The summed E-state index contributed by atoms with van der Waals surface area (Å²) in [5.41, 5.74) is 0.379. The molecule has 3 heterocycles. The van der Waals surface area contributed by atoms with Crippen LogP contribution in [-0.2, 0) is 25.4 Å². The van der Waals surface area contributed by atoms with Gasteiger partial charge in [-0.05, 0) is 31.6 Å². The SMILES string of the molecule is CCC1CC(CCn2c(=O)c3c(ncn3C)n(C)c2=O)CCO1. The van der Waals surface area contributed by atoms with E-state index in [2.05, 4.69) is 11.9 Å². The zero-order chi connectivity index (χ0) is 16.6. The molecule has 1 aliphatic rings. The Morgan fingerprint density at radius 2 is 2.13 bits per heavy atom. The van der Waals surface area contributed by atoms with Crippen molar-refractivity contribution in [3.8, 4) is 0 Å². The molecule has 0 amide bonds. The summed E-state index contributed by atoms with van der Waals surface area (Å²) in [6.07, 6.45) is 5.74. The van der Waals surface area contributed by atoms with E-state index in [1.807, 2.05) is 0 Å². The molecule has 2 aromatic heterocycles. The molecular formula is C16H24N4O3. The molecule has 1 fully saturated rings. The lowest BCUT2D eigenvalue weighted by Crippen LogP contribution is -2.40. The van der Waals surface area contributed by atoms with Crippen LogP contribution in [0.5, 0.6) is 0 Å². The van der Waals surface area contributed by atoms with E-state index in [1.54, 1.807) is 25.0 Å². The third kappa shape index (κ3) is 2.85. The average molecular weight is 320 g/mol. The van der Waals surface area contributed by atoms with Crippen LogP contribution >= 0.6 is 0 Å². The highest BCUT2D eigenvalue weighted by Gasteiger charge is 2.22. The highest BCUT2D eigenvalue weighted by molar-refractivity contribution is 5.69. The summed E-state index contributed by atoms with van der Waals surface area (Å²) >= 11 is 0.